The van der Waals surface area contributed by atoms with Crippen LogP contribution < -0.4 is 0 Å². The molecule has 1 fully saturated rings. The molecule has 0 amide bonds. The molecule has 0 aromatic heterocycles. The van der Waals surface area contributed by atoms with E-state index in [-0.39, 0.29) is 25.9 Å². The Morgan fingerprint density at radius 2 is 0.818 bits per heavy atom. The number of aliphatic carboxylic acids is 1. The molecule has 1 heterocycles. The molecule has 12 nitrogen and oxygen atoms in total. The van der Waals surface area contributed by atoms with E-state index in [0.717, 1.165) is 141 Å². The highest BCUT2D eigenvalue weighted by molar-refractivity contribution is 5.74. The Morgan fingerprint density at radius 3 is 1.25 bits per heavy atom. The standard InChI is InChI=1S/C65H106O12/c1-4-7-10-13-16-19-22-24-26-28-29-31-32-34-37-39-42-45-48-51-57(66)73-54-56(75-58(67)52-49-46-43-41-38-35-33-30-27-25-23-20-17-14-11-8-5-2)55-74-65-63(61(70)60(69)62(77-65)64(71)72)76-59(68)53-50-47-44-40-36-21-18-15-12-9-6-3/h7-8,10-11,16-17,19-20,24-27,29,31,33,35,56,60-63,65,69-70H,4-6,9,12-15,18,21-23,28,30,32,34,36-55H2,1-3H3,(H,71,72)/b10-7-,11-8-,19-16-,20-17-,26-24-,27-25-,31-29-,35-33-. The van der Waals surface area contributed by atoms with Crippen molar-refractivity contribution in [2.75, 3.05) is 13.2 Å². The van der Waals surface area contributed by atoms with Crippen LogP contribution in [-0.2, 0) is 42.9 Å². The van der Waals surface area contributed by atoms with Gasteiger partial charge in [0.15, 0.2) is 24.6 Å². The second-order valence-corrected chi connectivity index (χ2v) is 20.2. The number of aliphatic hydroxyl groups excluding tert-OH is 2. The maximum atomic E-state index is 13.2. The molecule has 3 N–H and O–H groups in total. The number of esters is 3. The molecule has 6 atom stereocenters. The van der Waals surface area contributed by atoms with Crippen LogP contribution in [0.15, 0.2) is 97.2 Å². The Labute approximate surface area is 466 Å². The van der Waals surface area contributed by atoms with Crippen molar-refractivity contribution in [3.63, 3.8) is 0 Å². The molecule has 1 aliphatic rings. The third-order valence-electron chi connectivity index (χ3n) is 13.2. The van der Waals surface area contributed by atoms with Crippen LogP contribution in [0.1, 0.15) is 239 Å². The van der Waals surface area contributed by atoms with Gasteiger partial charge in [0.25, 0.3) is 0 Å². The van der Waals surface area contributed by atoms with Crippen LogP contribution in [0.3, 0.4) is 0 Å². The number of ether oxygens (including phenoxy) is 5. The minimum Gasteiger partial charge on any atom is -0.479 e. The Morgan fingerprint density at radius 1 is 0.442 bits per heavy atom. The van der Waals surface area contributed by atoms with Crippen LogP contribution in [-0.4, -0.2) is 89.2 Å². The summed E-state index contributed by atoms with van der Waals surface area (Å²) in [7, 11) is 0. The van der Waals surface area contributed by atoms with Crippen molar-refractivity contribution in [1.29, 1.82) is 0 Å². The van der Waals surface area contributed by atoms with Gasteiger partial charge in [-0.05, 0) is 96.3 Å². The lowest BCUT2D eigenvalue weighted by Gasteiger charge is -2.40. The number of rotatable bonds is 50. The third kappa shape index (κ3) is 42.3. The predicted octanol–water partition coefficient (Wildman–Crippen LogP) is 15.7. The summed E-state index contributed by atoms with van der Waals surface area (Å²) in [6, 6.07) is 0. The van der Waals surface area contributed by atoms with E-state index in [1.807, 2.05) is 0 Å². The van der Waals surface area contributed by atoms with Gasteiger partial charge in [0.2, 0.25) is 0 Å². The van der Waals surface area contributed by atoms with Crippen molar-refractivity contribution in [3.05, 3.63) is 97.2 Å². The van der Waals surface area contributed by atoms with Crippen LogP contribution in [0, 0.1) is 0 Å². The lowest BCUT2D eigenvalue weighted by atomic mass is 9.98. The van der Waals surface area contributed by atoms with E-state index in [4.69, 9.17) is 23.7 Å². The lowest BCUT2D eigenvalue weighted by Crippen LogP contribution is -2.61. The number of carboxylic acid groups (broad SMARTS) is 1. The Bertz CT molecular complexity index is 1710. The topological polar surface area (TPSA) is 175 Å². The zero-order valence-electron chi connectivity index (χ0n) is 48.2. The van der Waals surface area contributed by atoms with Gasteiger partial charge in [-0.1, -0.05) is 221 Å². The van der Waals surface area contributed by atoms with Gasteiger partial charge >= 0.3 is 23.9 Å². The van der Waals surface area contributed by atoms with Gasteiger partial charge < -0.3 is 39.0 Å². The summed E-state index contributed by atoms with van der Waals surface area (Å²) in [5.41, 5.74) is 0. The number of aliphatic hydroxyl groups is 2. The normalized spacial score (nSPS) is 18.7. The molecule has 1 aliphatic heterocycles. The van der Waals surface area contributed by atoms with Crippen molar-refractivity contribution in [1.82, 2.24) is 0 Å². The molecule has 1 rings (SSSR count). The van der Waals surface area contributed by atoms with Gasteiger partial charge in [0.1, 0.15) is 18.8 Å². The highest BCUT2D eigenvalue weighted by Gasteiger charge is 2.50. The second kappa shape index (κ2) is 52.3. The second-order valence-electron chi connectivity index (χ2n) is 20.2. The van der Waals surface area contributed by atoms with Crippen LogP contribution in [0.25, 0.3) is 0 Å². The van der Waals surface area contributed by atoms with Crippen molar-refractivity contribution in [3.8, 4) is 0 Å². The molecule has 0 aliphatic carbocycles. The maximum Gasteiger partial charge on any atom is 0.335 e. The van der Waals surface area contributed by atoms with E-state index in [9.17, 15) is 34.5 Å². The first-order valence-electron chi connectivity index (χ1n) is 30.2. The third-order valence-corrected chi connectivity index (χ3v) is 13.2. The zero-order valence-corrected chi connectivity index (χ0v) is 48.2. The average Bonchev–Trinajstić information content (AvgIpc) is 3.42. The first-order chi connectivity index (χ1) is 37.6. The molecule has 0 saturated carbocycles. The fourth-order valence-electron chi connectivity index (χ4n) is 8.58. The SMILES string of the molecule is CC/C=C\C/C=C\C/C=C\C/C=C\CCCCCCCCC(=O)OCC(COC1OC(C(=O)O)C(O)C(O)C1OC(=O)CCCCCCCCCCCCC)OC(=O)CCCCCC/C=C\C/C=C\C/C=C\C/C=C\CC. The number of carboxylic acids is 1. The summed E-state index contributed by atoms with van der Waals surface area (Å²) in [4.78, 5) is 51.1. The summed E-state index contributed by atoms with van der Waals surface area (Å²) in [5, 5.41) is 31.5. The molecule has 12 heteroatoms. The van der Waals surface area contributed by atoms with Gasteiger partial charge in [-0.2, -0.15) is 0 Å². The molecule has 0 bridgehead atoms. The number of carbonyl (C=O) groups is 4. The largest absolute Gasteiger partial charge is 0.479 e. The fraction of sp³-hybridized carbons (Fsp3) is 0.692. The molecule has 0 aromatic carbocycles. The van der Waals surface area contributed by atoms with E-state index < -0.39 is 67.3 Å². The maximum absolute atomic E-state index is 13.2. The molecular weight excluding hydrogens is 973 g/mol. The summed E-state index contributed by atoms with van der Waals surface area (Å²) in [6.07, 6.45) is 56.6. The monoisotopic (exact) mass is 1080 g/mol. The van der Waals surface area contributed by atoms with Crippen LogP contribution in [0.2, 0.25) is 0 Å². The van der Waals surface area contributed by atoms with Crippen molar-refractivity contribution < 1.29 is 58.2 Å². The first kappa shape index (κ1) is 70.7. The van der Waals surface area contributed by atoms with Crippen molar-refractivity contribution in [2.45, 2.75) is 276 Å². The molecule has 0 radical (unpaired) electrons. The van der Waals surface area contributed by atoms with Gasteiger partial charge in [0.05, 0.1) is 6.61 Å². The summed E-state index contributed by atoms with van der Waals surface area (Å²) < 4.78 is 28.4. The molecule has 438 valence electrons. The molecular formula is C65H106O12. The van der Waals surface area contributed by atoms with E-state index in [1.54, 1.807) is 0 Å². The Kier molecular flexibility index (Phi) is 48.0. The van der Waals surface area contributed by atoms with Crippen molar-refractivity contribution in [2.24, 2.45) is 0 Å². The number of hydrogen-bond donors (Lipinski definition) is 3. The lowest BCUT2D eigenvalue weighted by molar-refractivity contribution is -0.301. The summed E-state index contributed by atoms with van der Waals surface area (Å²) in [5.74, 6) is -3.17. The smallest absolute Gasteiger partial charge is 0.335 e. The van der Waals surface area contributed by atoms with Crippen molar-refractivity contribution >= 4 is 23.9 Å². The predicted molar refractivity (Wildman–Crippen MR) is 312 cm³/mol. The van der Waals surface area contributed by atoms with E-state index in [2.05, 4.69) is 118 Å². The highest BCUT2D eigenvalue weighted by Crippen LogP contribution is 2.26. The Hall–Kier alpha value is -4.36. The van der Waals surface area contributed by atoms with E-state index in [0.29, 0.717) is 19.3 Å². The van der Waals surface area contributed by atoms with Crippen LogP contribution in [0.4, 0.5) is 0 Å². The molecule has 77 heavy (non-hydrogen) atoms. The van der Waals surface area contributed by atoms with Gasteiger partial charge in [-0.25, -0.2) is 4.79 Å². The van der Waals surface area contributed by atoms with E-state index >= 15 is 0 Å². The molecule has 0 spiro atoms. The summed E-state index contributed by atoms with van der Waals surface area (Å²) in [6.45, 7) is 5.72. The highest BCUT2D eigenvalue weighted by atomic mass is 16.7. The average molecular weight is 1080 g/mol. The quantitative estimate of drug-likeness (QED) is 0.0228. The zero-order chi connectivity index (χ0) is 56.1. The van der Waals surface area contributed by atoms with Gasteiger partial charge in [-0.15, -0.1) is 0 Å². The molecule has 0 aromatic rings. The molecule has 6 unspecified atom stereocenters. The first-order valence-corrected chi connectivity index (χ1v) is 30.2. The minimum absolute atomic E-state index is 0.0543. The van der Waals surface area contributed by atoms with Gasteiger partial charge in [0, 0.05) is 19.3 Å². The number of unbranched alkanes of at least 4 members (excludes halogenated alkanes) is 20. The fourth-order valence-corrected chi connectivity index (χ4v) is 8.58. The van der Waals surface area contributed by atoms with Crippen LogP contribution in [0.5, 0.6) is 0 Å². The molecule has 1 saturated heterocycles. The number of carbonyl (C=O) groups excluding carboxylic acids is 3. The number of allylic oxidation sites excluding steroid dienone is 16. The van der Waals surface area contributed by atoms with E-state index in [1.165, 1.54) is 38.5 Å². The van der Waals surface area contributed by atoms with Gasteiger partial charge in [-0.3, -0.25) is 14.4 Å². The minimum atomic E-state index is -1.91. The Balaban J connectivity index is 2.70. The van der Waals surface area contributed by atoms with Crippen LogP contribution >= 0.6 is 0 Å². The summed E-state index contributed by atoms with van der Waals surface area (Å²) >= 11 is 0. The number of hydrogen-bond acceptors (Lipinski definition) is 11.